The monoisotopic (exact) mass is 161 g/mol. The summed E-state index contributed by atoms with van der Waals surface area (Å²) in [6.45, 7) is 2.18. The van der Waals surface area contributed by atoms with Gasteiger partial charge in [0, 0.05) is 27.4 Å². The fourth-order valence-corrected chi connectivity index (χ4v) is 0.407. The standard InChI is InChI=1S/C6H14BO4/c1-8-3-5-10-7-11-6-4-9-2/h3-6H2,1-2H3/q-1. The Labute approximate surface area is 68.1 Å². The van der Waals surface area contributed by atoms with Crippen LogP contribution in [0.3, 0.4) is 0 Å². The molecule has 0 saturated carbocycles. The zero-order chi connectivity index (χ0) is 8.36. The molecule has 0 heterocycles. The topological polar surface area (TPSA) is 36.9 Å². The molecule has 2 radical (unpaired) electrons. The molecule has 0 rings (SSSR count). The molecule has 0 fully saturated rings. The summed E-state index contributed by atoms with van der Waals surface area (Å²) in [5, 5.41) is 0. The van der Waals surface area contributed by atoms with Crippen LogP contribution in [-0.4, -0.2) is 48.3 Å². The molecule has 0 aromatic heterocycles. The van der Waals surface area contributed by atoms with Gasteiger partial charge in [-0.3, -0.25) is 0 Å². The molecule has 11 heavy (non-hydrogen) atoms. The second kappa shape index (κ2) is 9.90. The number of rotatable bonds is 8. The first-order valence-electron chi connectivity index (χ1n) is 3.44. The van der Waals surface area contributed by atoms with Gasteiger partial charge < -0.3 is 18.8 Å². The van der Waals surface area contributed by atoms with E-state index < -0.39 is 0 Å². The fourth-order valence-electron chi connectivity index (χ4n) is 0.407. The highest BCUT2D eigenvalue weighted by Crippen LogP contribution is 1.76. The molecule has 0 saturated heterocycles. The lowest BCUT2D eigenvalue weighted by Crippen LogP contribution is -2.12. The quantitative estimate of drug-likeness (QED) is 0.366. The minimum Gasteiger partial charge on any atom is -0.624 e. The van der Waals surface area contributed by atoms with Crippen molar-refractivity contribution in [3.05, 3.63) is 0 Å². The Morgan fingerprint density at radius 2 is 1.27 bits per heavy atom. The van der Waals surface area contributed by atoms with Crippen molar-refractivity contribution in [1.29, 1.82) is 0 Å². The Kier molecular flexibility index (Phi) is 9.82. The van der Waals surface area contributed by atoms with Crippen LogP contribution in [0, 0.1) is 0 Å². The van der Waals surface area contributed by atoms with E-state index in [9.17, 15) is 0 Å². The van der Waals surface area contributed by atoms with Gasteiger partial charge in [-0.25, -0.2) is 0 Å². The minimum atomic E-state index is 0.517. The second-order valence-electron chi connectivity index (χ2n) is 1.82. The molecule has 0 atom stereocenters. The van der Waals surface area contributed by atoms with E-state index in [1.54, 1.807) is 14.2 Å². The average molecular weight is 161 g/mol. The molecule has 0 amide bonds. The van der Waals surface area contributed by atoms with E-state index in [2.05, 4.69) is 0 Å². The summed E-state index contributed by atoms with van der Waals surface area (Å²) in [5.74, 6) is 0. The van der Waals surface area contributed by atoms with Gasteiger partial charge in [0.15, 0.2) is 0 Å². The lowest BCUT2D eigenvalue weighted by atomic mass is 10.4. The van der Waals surface area contributed by atoms with Crippen LogP contribution < -0.4 is 0 Å². The van der Waals surface area contributed by atoms with Crippen molar-refractivity contribution in [3.8, 4) is 0 Å². The first kappa shape index (κ1) is 10.9. The number of ether oxygens (including phenoxy) is 2. The maximum absolute atomic E-state index is 4.89. The number of hydrogen-bond acceptors (Lipinski definition) is 4. The van der Waals surface area contributed by atoms with Crippen molar-refractivity contribution >= 4 is 7.69 Å². The van der Waals surface area contributed by atoms with E-state index in [4.69, 9.17) is 18.8 Å². The predicted octanol–water partition coefficient (Wildman–Crippen LogP) is -0.153. The molecule has 0 aromatic carbocycles. The molecule has 0 unspecified atom stereocenters. The molecule has 0 aliphatic rings. The lowest BCUT2D eigenvalue weighted by Gasteiger charge is -2.19. The van der Waals surface area contributed by atoms with Gasteiger partial charge in [0.05, 0.1) is 13.2 Å². The first-order chi connectivity index (χ1) is 5.41. The van der Waals surface area contributed by atoms with Gasteiger partial charge in [-0.1, -0.05) is 0 Å². The van der Waals surface area contributed by atoms with E-state index in [-0.39, 0.29) is 0 Å². The third kappa shape index (κ3) is 9.90. The van der Waals surface area contributed by atoms with E-state index in [0.29, 0.717) is 26.4 Å². The van der Waals surface area contributed by atoms with Crippen molar-refractivity contribution in [1.82, 2.24) is 0 Å². The van der Waals surface area contributed by atoms with Crippen molar-refractivity contribution in [2.45, 2.75) is 0 Å². The summed E-state index contributed by atoms with van der Waals surface area (Å²) in [6, 6.07) is 0. The zero-order valence-corrected chi connectivity index (χ0v) is 7.04. The Hall–Kier alpha value is -0.0951. The van der Waals surface area contributed by atoms with Gasteiger partial charge >= 0.3 is 0 Å². The van der Waals surface area contributed by atoms with Crippen molar-refractivity contribution in [3.63, 3.8) is 0 Å². The van der Waals surface area contributed by atoms with Gasteiger partial charge in [-0.2, -0.15) is 0 Å². The van der Waals surface area contributed by atoms with Crippen LogP contribution in [-0.2, 0) is 18.8 Å². The van der Waals surface area contributed by atoms with Gasteiger partial charge in [0.2, 0.25) is 0 Å². The van der Waals surface area contributed by atoms with Crippen LogP contribution in [0.1, 0.15) is 0 Å². The summed E-state index contributed by atoms with van der Waals surface area (Å²) >= 11 is 0. The molecule has 66 valence electrons. The average Bonchev–Trinajstić information content (AvgIpc) is 2.03. The van der Waals surface area contributed by atoms with Gasteiger partial charge in [-0.05, 0) is 7.69 Å². The molecule has 4 nitrogen and oxygen atoms in total. The highest BCUT2D eigenvalue weighted by atomic mass is 16.6. The summed E-state index contributed by atoms with van der Waals surface area (Å²) in [5.41, 5.74) is 0. The largest absolute Gasteiger partial charge is 0.624 e. The molecular weight excluding hydrogens is 147 g/mol. The van der Waals surface area contributed by atoms with Crippen molar-refractivity contribution < 1.29 is 18.8 Å². The molecule has 0 aromatic rings. The van der Waals surface area contributed by atoms with Gasteiger partial charge in [-0.15, -0.1) is 0 Å². The van der Waals surface area contributed by atoms with Crippen LogP contribution in [0.15, 0.2) is 0 Å². The molecule has 5 heteroatoms. The normalized spacial score (nSPS) is 10.4. The molecule has 0 spiro atoms. The highest BCUT2D eigenvalue weighted by Gasteiger charge is 1.77. The first-order valence-corrected chi connectivity index (χ1v) is 3.44. The maximum atomic E-state index is 4.89. The number of hydrogen-bond donors (Lipinski definition) is 0. The van der Waals surface area contributed by atoms with Crippen molar-refractivity contribution in [2.24, 2.45) is 0 Å². The molecule has 0 bridgehead atoms. The van der Waals surface area contributed by atoms with Crippen LogP contribution in [0.2, 0.25) is 0 Å². The highest BCUT2D eigenvalue weighted by molar-refractivity contribution is 6.17. The van der Waals surface area contributed by atoms with E-state index >= 15 is 0 Å². The number of methoxy groups -OCH3 is 2. The molecule has 0 N–H and O–H groups in total. The van der Waals surface area contributed by atoms with Crippen LogP contribution in [0.4, 0.5) is 0 Å². The van der Waals surface area contributed by atoms with E-state index in [0.717, 1.165) is 0 Å². The van der Waals surface area contributed by atoms with E-state index in [1.165, 1.54) is 7.69 Å². The maximum Gasteiger partial charge on any atom is 0.0653 e. The zero-order valence-electron chi connectivity index (χ0n) is 7.04. The smallest absolute Gasteiger partial charge is 0.0653 e. The molecular formula is C6H14BO4-. The predicted molar refractivity (Wildman–Crippen MR) is 41.4 cm³/mol. The molecule has 0 aliphatic carbocycles. The summed E-state index contributed by atoms with van der Waals surface area (Å²) in [4.78, 5) is 0. The Balaban J connectivity index is 2.69. The summed E-state index contributed by atoms with van der Waals surface area (Å²) in [6.07, 6.45) is 0. The van der Waals surface area contributed by atoms with Crippen LogP contribution in [0.5, 0.6) is 0 Å². The lowest BCUT2D eigenvalue weighted by molar-refractivity contribution is 0.110. The van der Waals surface area contributed by atoms with Gasteiger partial charge in [0.25, 0.3) is 0 Å². The Morgan fingerprint density at radius 1 is 0.818 bits per heavy atom. The van der Waals surface area contributed by atoms with Crippen LogP contribution >= 0.6 is 0 Å². The third-order valence-corrected chi connectivity index (χ3v) is 0.947. The summed E-state index contributed by atoms with van der Waals surface area (Å²) in [7, 11) is 4.54. The van der Waals surface area contributed by atoms with Crippen LogP contribution in [0.25, 0.3) is 0 Å². The SMILES string of the molecule is COCCO[B-]OCCOC. The van der Waals surface area contributed by atoms with E-state index in [1.807, 2.05) is 0 Å². The minimum absolute atomic E-state index is 0.517. The third-order valence-electron chi connectivity index (χ3n) is 0.947. The van der Waals surface area contributed by atoms with Gasteiger partial charge in [0.1, 0.15) is 0 Å². The Morgan fingerprint density at radius 3 is 1.64 bits per heavy atom. The summed E-state index contributed by atoms with van der Waals surface area (Å²) < 4.78 is 19.3. The Bertz CT molecular complexity index is 63.6. The molecule has 0 aliphatic heterocycles. The van der Waals surface area contributed by atoms with Crippen molar-refractivity contribution in [2.75, 3.05) is 40.6 Å². The fraction of sp³-hybridized carbons (Fsp3) is 1.00. The second-order valence-corrected chi connectivity index (χ2v) is 1.82.